The molecule has 0 atom stereocenters. The zero-order valence-electron chi connectivity index (χ0n) is 5.99. The van der Waals surface area contributed by atoms with E-state index in [4.69, 9.17) is 4.42 Å². The molecule has 62 valence electrons. The minimum atomic E-state index is 0.558. The molecule has 2 heterocycles. The van der Waals surface area contributed by atoms with Crippen molar-refractivity contribution in [2.24, 2.45) is 0 Å². The molecule has 0 aliphatic carbocycles. The number of aromatic nitrogens is 4. The predicted molar refractivity (Wildman–Crippen MR) is 43.4 cm³/mol. The molecule has 0 unspecified atom stereocenters. The summed E-state index contributed by atoms with van der Waals surface area (Å²) < 4.78 is 5.96. The zero-order chi connectivity index (χ0) is 8.39. The molecule has 0 saturated carbocycles. The van der Waals surface area contributed by atoms with Crippen LogP contribution >= 0.6 is 15.9 Å². The summed E-state index contributed by atoms with van der Waals surface area (Å²) in [6.07, 6.45) is 0.558. The Bertz CT molecular complexity index is 355. The van der Waals surface area contributed by atoms with Crippen molar-refractivity contribution in [2.75, 3.05) is 0 Å². The Labute approximate surface area is 76.3 Å². The molecule has 2 rings (SSSR count). The van der Waals surface area contributed by atoms with Gasteiger partial charge in [0, 0.05) is 0 Å². The normalized spacial score (nSPS) is 10.4. The third-order valence-electron chi connectivity index (χ3n) is 1.35. The average molecular weight is 229 g/mol. The van der Waals surface area contributed by atoms with Crippen LogP contribution in [-0.2, 0) is 6.42 Å². The van der Waals surface area contributed by atoms with Crippen LogP contribution in [-0.4, -0.2) is 20.6 Å². The third-order valence-corrected chi connectivity index (χ3v) is 1.78. The fraction of sp³-hybridized carbons (Fsp3) is 0.167. The number of hydrogen-bond donors (Lipinski definition) is 1. The van der Waals surface area contributed by atoms with Crippen molar-refractivity contribution < 1.29 is 4.42 Å². The molecule has 5 nitrogen and oxygen atoms in total. The van der Waals surface area contributed by atoms with Gasteiger partial charge < -0.3 is 4.42 Å². The van der Waals surface area contributed by atoms with E-state index in [1.54, 1.807) is 0 Å². The molecular formula is C6H5BrN4O. The highest BCUT2D eigenvalue weighted by Gasteiger charge is 2.03. The van der Waals surface area contributed by atoms with Crippen LogP contribution in [0.1, 0.15) is 11.6 Å². The molecular weight excluding hydrogens is 224 g/mol. The second-order valence-electron chi connectivity index (χ2n) is 2.21. The molecule has 0 radical (unpaired) electrons. The van der Waals surface area contributed by atoms with Crippen LogP contribution in [0.15, 0.2) is 21.2 Å². The summed E-state index contributed by atoms with van der Waals surface area (Å²) in [5.41, 5.74) is 0. The molecule has 0 fully saturated rings. The summed E-state index contributed by atoms with van der Waals surface area (Å²) in [5, 5.41) is 13.4. The number of hydrogen-bond acceptors (Lipinski definition) is 4. The van der Waals surface area contributed by atoms with E-state index < -0.39 is 0 Å². The van der Waals surface area contributed by atoms with Crippen LogP contribution in [0.2, 0.25) is 0 Å². The van der Waals surface area contributed by atoms with Gasteiger partial charge in [-0.3, -0.25) is 0 Å². The molecule has 0 aliphatic heterocycles. The van der Waals surface area contributed by atoms with Gasteiger partial charge in [0.2, 0.25) is 0 Å². The van der Waals surface area contributed by atoms with Crippen molar-refractivity contribution in [1.29, 1.82) is 0 Å². The van der Waals surface area contributed by atoms with Crippen molar-refractivity contribution >= 4 is 15.9 Å². The van der Waals surface area contributed by atoms with E-state index in [-0.39, 0.29) is 0 Å². The quantitative estimate of drug-likeness (QED) is 0.838. The molecule has 0 aliphatic rings. The van der Waals surface area contributed by atoms with Crippen LogP contribution in [0.4, 0.5) is 0 Å². The molecule has 0 amide bonds. The van der Waals surface area contributed by atoms with E-state index in [2.05, 4.69) is 36.6 Å². The standard InChI is InChI=1S/C6H5BrN4O/c7-5-2-1-4(12-5)3-6-8-10-11-9-6/h1-2H,3H2,(H,8,9,10,11). The highest BCUT2D eigenvalue weighted by atomic mass is 79.9. The summed E-state index contributed by atoms with van der Waals surface area (Å²) in [5.74, 6) is 1.43. The smallest absolute Gasteiger partial charge is 0.182 e. The van der Waals surface area contributed by atoms with E-state index in [1.165, 1.54) is 0 Å². The van der Waals surface area contributed by atoms with Gasteiger partial charge in [-0.2, -0.15) is 5.21 Å². The summed E-state index contributed by atoms with van der Waals surface area (Å²) in [7, 11) is 0. The van der Waals surface area contributed by atoms with Crippen LogP contribution < -0.4 is 0 Å². The Hall–Kier alpha value is -1.17. The SMILES string of the molecule is Brc1ccc(Cc2nn[nH]n2)o1. The van der Waals surface area contributed by atoms with E-state index in [0.717, 1.165) is 5.76 Å². The van der Waals surface area contributed by atoms with Crippen LogP contribution in [0, 0.1) is 0 Å². The molecule has 6 heteroatoms. The van der Waals surface area contributed by atoms with Crippen LogP contribution in [0.5, 0.6) is 0 Å². The minimum Gasteiger partial charge on any atom is -0.454 e. The van der Waals surface area contributed by atoms with E-state index in [0.29, 0.717) is 16.9 Å². The number of tetrazole rings is 1. The zero-order valence-corrected chi connectivity index (χ0v) is 7.58. The molecule has 12 heavy (non-hydrogen) atoms. The third kappa shape index (κ3) is 1.53. The first-order valence-electron chi connectivity index (χ1n) is 3.31. The second kappa shape index (κ2) is 3.06. The molecule has 1 N–H and O–H groups in total. The largest absolute Gasteiger partial charge is 0.454 e. The molecule has 0 bridgehead atoms. The number of halogens is 1. The van der Waals surface area contributed by atoms with Gasteiger partial charge in [-0.1, -0.05) is 5.21 Å². The van der Waals surface area contributed by atoms with Crippen LogP contribution in [0.3, 0.4) is 0 Å². The first-order chi connectivity index (χ1) is 5.84. The van der Waals surface area contributed by atoms with E-state index >= 15 is 0 Å². The Balaban J connectivity index is 2.14. The van der Waals surface area contributed by atoms with Gasteiger partial charge in [0.05, 0.1) is 6.42 Å². The Morgan fingerprint density at radius 2 is 2.42 bits per heavy atom. The summed E-state index contributed by atoms with van der Waals surface area (Å²) in [6.45, 7) is 0. The van der Waals surface area contributed by atoms with Gasteiger partial charge in [0.25, 0.3) is 0 Å². The lowest BCUT2D eigenvalue weighted by Crippen LogP contribution is -1.88. The highest BCUT2D eigenvalue weighted by molar-refractivity contribution is 9.10. The summed E-state index contributed by atoms with van der Waals surface area (Å²) in [6, 6.07) is 3.69. The lowest BCUT2D eigenvalue weighted by atomic mass is 10.3. The maximum Gasteiger partial charge on any atom is 0.182 e. The Morgan fingerprint density at radius 1 is 1.50 bits per heavy atom. The van der Waals surface area contributed by atoms with Crippen molar-refractivity contribution in [1.82, 2.24) is 20.6 Å². The van der Waals surface area contributed by atoms with Gasteiger partial charge in [0.1, 0.15) is 5.76 Å². The second-order valence-corrected chi connectivity index (χ2v) is 2.99. The van der Waals surface area contributed by atoms with Crippen molar-refractivity contribution in [2.45, 2.75) is 6.42 Å². The van der Waals surface area contributed by atoms with E-state index in [1.807, 2.05) is 12.1 Å². The number of aromatic amines is 1. The molecule has 0 spiro atoms. The van der Waals surface area contributed by atoms with Gasteiger partial charge >= 0.3 is 0 Å². The number of H-pyrrole nitrogens is 1. The fourth-order valence-corrected chi connectivity index (χ4v) is 1.20. The monoisotopic (exact) mass is 228 g/mol. The van der Waals surface area contributed by atoms with Gasteiger partial charge in [-0.25, -0.2) is 0 Å². The predicted octanol–water partition coefficient (Wildman–Crippen LogP) is 1.15. The number of rotatable bonds is 2. The number of nitrogens with zero attached hydrogens (tertiary/aromatic N) is 3. The number of furan rings is 1. The minimum absolute atomic E-state index is 0.558. The van der Waals surface area contributed by atoms with Crippen molar-refractivity contribution in [3.63, 3.8) is 0 Å². The van der Waals surface area contributed by atoms with Gasteiger partial charge in [0.15, 0.2) is 10.5 Å². The van der Waals surface area contributed by atoms with Crippen molar-refractivity contribution in [3.8, 4) is 0 Å². The lowest BCUT2D eigenvalue weighted by Gasteiger charge is -1.87. The van der Waals surface area contributed by atoms with Gasteiger partial charge in [-0.15, -0.1) is 10.2 Å². The Morgan fingerprint density at radius 3 is 3.00 bits per heavy atom. The topological polar surface area (TPSA) is 67.6 Å². The number of nitrogens with one attached hydrogen (secondary N) is 1. The average Bonchev–Trinajstić information content (AvgIpc) is 2.63. The lowest BCUT2D eigenvalue weighted by molar-refractivity contribution is 0.495. The van der Waals surface area contributed by atoms with E-state index in [9.17, 15) is 0 Å². The molecule has 2 aromatic rings. The molecule has 0 saturated heterocycles. The summed E-state index contributed by atoms with van der Waals surface area (Å²) in [4.78, 5) is 0. The van der Waals surface area contributed by atoms with Crippen molar-refractivity contribution in [3.05, 3.63) is 28.4 Å². The molecule has 0 aromatic carbocycles. The fourth-order valence-electron chi connectivity index (χ4n) is 0.860. The maximum atomic E-state index is 5.25. The first kappa shape index (κ1) is 7.48. The maximum absolute atomic E-state index is 5.25. The first-order valence-corrected chi connectivity index (χ1v) is 4.10. The molecule has 2 aromatic heterocycles. The highest BCUT2D eigenvalue weighted by Crippen LogP contribution is 2.15. The van der Waals surface area contributed by atoms with Crippen LogP contribution in [0.25, 0.3) is 0 Å². The van der Waals surface area contributed by atoms with Gasteiger partial charge in [-0.05, 0) is 28.1 Å². The Kier molecular flexibility index (Phi) is 1.91. The summed E-state index contributed by atoms with van der Waals surface area (Å²) >= 11 is 3.21.